The average Bonchev–Trinajstić information content (AvgIpc) is 2.65. The third-order valence-corrected chi connectivity index (χ3v) is 3.51. The number of hydrogen-bond donors (Lipinski definition) is 3. The Hall–Kier alpha value is -3.42. The van der Waals surface area contributed by atoms with Gasteiger partial charge in [-0.25, -0.2) is 4.39 Å². The molecular formula is C19H20FN3O4. The maximum Gasteiger partial charge on any atom is 0.276 e. The number of ether oxygens (including phenoxy) is 1. The minimum absolute atomic E-state index is 0.0613. The molecule has 0 aliphatic carbocycles. The van der Waals surface area contributed by atoms with Gasteiger partial charge in [0.15, 0.2) is 18.2 Å². The van der Waals surface area contributed by atoms with Gasteiger partial charge in [-0.3, -0.25) is 25.2 Å². The second kappa shape index (κ2) is 9.91. The summed E-state index contributed by atoms with van der Waals surface area (Å²) in [5.74, 6) is -2.08. The Morgan fingerprint density at radius 1 is 0.963 bits per heavy atom. The van der Waals surface area contributed by atoms with Crippen molar-refractivity contribution in [2.24, 2.45) is 0 Å². The number of benzene rings is 2. The first-order valence-corrected chi connectivity index (χ1v) is 8.22. The molecule has 0 saturated heterocycles. The van der Waals surface area contributed by atoms with Crippen molar-refractivity contribution in [3.63, 3.8) is 0 Å². The highest BCUT2D eigenvalue weighted by molar-refractivity contribution is 5.83. The van der Waals surface area contributed by atoms with Gasteiger partial charge in [0.1, 0.15) is 0 Å². The van der Waals surface area contributed by atoms with Gasteiger partial charge in [-0.2, -0.15) is 0 Å². The minimum Gasteiger partial charge on any atom is -0.481 e. The van der Waals surface area contributed by atoms with Crippen LogP contribution in [0.2, 0.25) is 0 Å². The van der Waals surface area contributed by atoms with Crippen molar-refractivity contribution in [2.75, 3.05) is 6.61 Å². The summed E-state index contributed by atoms with van der Waals surface area (Å²) >= 11 is 0. The molecule has 0 aliphatic rings. The van der Waals surface area contributed by atoms with Gasteiger partial charge in [-0.05, 0) is 17.7 Å². The quantitative estimate of drug-likeness (QED) is 0.643. The molecule has 2 rings (SSSR count). The zero-order valence-electron chi connectivity index (χ0n) is 14.7. The summed E-state index contributed by atoms with van der Waals surface area (Å²) in [5.41, 5.74) is 5.19. The monoisotopic (exact) mass is 373 g/mol. The largest absolute Gasteiger partial charge is 0.481 e. The lowest BCUT2D eigenvalue weighted by atomic mass is 10.0. The van der Waals surface area contributed by atoms with Gasteiger partial charge in [0.2, 0.25) is 11.8 Å². The molecule has 0 heterocycles. The van der Waals surface area contributed by atoms with E-state index in [-0.39, 0.29) is 18.1 Å². The van der Waals surface area contributed by atoms with Gasteiger partial charge in [0.05, 0.1) is 12.5 Å². The molecule has 7 nitrogen and oxygen atoms in total. The van der Waals surface area contributed by atoms with Crippen LogP contribution in [0, 0.1) is 5.82 Å². The summed E-state index contributed by atoms with van der Waals surface area (Å²) in [7, 11) is 0. The van der Waals surface area contributed by atoms with Crippen molar-refractivity contribution < 1.29 is 23.5 Å². The van der Waals surface area contributed by atoms with Crippen LogP contribution in [0.3, 0.4) is 0 Å². The predicted molar refractivity (Wildman–Crippen MR) is 95.8 cm³/mol. The van der Waals surface area contributed by atoms with Crippen LogP contribution < -0.4 is 20.9 Å². The van der Waals surface area contributed by atoms with E-state index in [0.29, 0.717) is 0 Å². The second-order valence-electron chi connectivity index (χ2n) is 5.68. The summed E-state index contributed by atoms with van der Waals surface area (Å²) in [6.45, 7) is 0.894. The van der Waals surface area contributed by atoms with E-state index in [4.69, 9.17) is 4.74 Å². The molecule has 27 heavy (non-hydrogen) atoms. The first-order chi connectivity index (χ1) is 13.0. The van der Waals surface area contributed by atoms with Gasteiger partial charge in [-0.15, -0.1) is 0 Å². The van der Waals surface area contributed by atoms with Crippen molar-refractivity contribution in [1.29, 1.82) is 0 Å². The van der Waals surface area contributed by atoms with Gasteiger partial charge >= 0.3 is 0 Å². The standard InChI is InChI=1S/C19H20FN3O4/c1-13(24)21-16(14-7-3-2-4-8-14)11-18(25)22-23-19(26)12-27-17-10-6-5-9-15(17)20/h2-10,16H,11-12H2,1H3,(H,21,24)(H,22,25)(H,23,26)/t16-/m1/s1. The molecule has 1 atom stereocenters. The fourth-order valence-electron chi connectivity index (χ4n) is 2.30. The molecule has 2 aromatic carbocycles. The molecule has 0 aromatic heterocycles. The number of amides is 3. The van der Waals surface area contributed by atoms with Crippen LogP contribution in [0.5, 0.6) is 5.75 Å². The zero-order valence-corrected chi connectivity index (χ0v) is 14.7. The number of para-hydroxylation sites is 1. The van der Waals surface area contributed by atoms with Crippen molar-refractivity contribution in [3.05, 3.63) is 66.0 Å². The molecule has 3 amide bonds. The highest BCUT2D eigenvalue weighted by atomic mass is 19.1. The maximum absolute atomic E-state index is 13.4. The van der Waals surface area contributed by atoms with Crippen molar-refractivity contribution in [1.82, 2.24) is 16.2 Å². The molecule has 0 saturated carbocycles. The molecule has 0 bridgehead atoms. The average molecular weight is 373 g/mol. The van der Waals surface area contributed by atoms with Crippen LogP contribution in [0.4, 0.5) is 4.39 Å². The predicted octanol–water partition coefficient (Wildman–Crippen LogP) is 1.62. The SMILES string of the molecule is CC(=O)N[C@H](CC(=O)NNC(=O)COc1ccccc1F)c1ccccc1. The topological polar surface area (TPSA) is 96.5 Å². The van der Waals surface area contributed by atoms with Gasteiger partial charge in [0.25, 0.3) is 5.91 Å². The Bertz CT molecular complexity index is 799. The Balaban J connectivity index is 1.82. The smallest absolute Gasteiger partial charge is 0.276 e. The van der Waals surface area contributed by atoms with E-state index in [1.165, 1.54) is 25.1 Å². The van der Waals surface area contributed by atoms with E-state index < -0.39 is 30.3 Å². The highest BCUT2D eigenvalue weighted by Crippen LogP contribution is 2.16. The molecule has 0 spiro atoms. The molecule has 142 valence electrons. The van der Waals surface area contributed by atoms with Crippen LogP contribution in [-0.4, -0.2) is 24.3 Å². The second-order valence-corrected chi connectivity index (χ2v) is 5.68. The molecule has 0 fully saturated rings. The van der Waals surface area contributed by atoms with Gasteiger partial charge in [-0.1, -0.05) is 42.5 Å². The Morgan fingerprint density at radius 2 is 1.59 bits per heavy atom. The fourth-order valence-corrected chi connectivity index (χ4v) is 2.30. The molecule has 3 N–H and O–H groups in total. The number of halogens is 1. The fraction of sp³-hybridized carbons (Fsp3) is 0.211. The minimum atomic E-state index is -0.651. The number of carbonyl (C=O) groups excluding carboxylic acids is 3. The van der Waals surface area contributed by atoms with Crippen LogP contribution in [0.1, 0.15) is 24.9 Å². The van der Waals surface area contributed by atoms with E-state index in [9.17, 15) is 18.8 Å². The number of hydrazine groups is 1. The number of carbonyl (C=O) groups is 3. The van der Waals surface area contributed by atoms with E-state index in [2.05, 4.69) is 16.2 Å². The lowest BCUT2D eigenvalue weighted by Gasteiger charge is -2.18. The van der Waals surface area contributed by atoms with E-state index in [1.54, 1.807) is 30.3 Å². The van der Waals surface area contributed by atoms with Gasteiger partial charge in [0, 0.05) is 6.92 Å². The van der Waals surface area contributed by atoms with Crippen molar-refractivity contribution in [2.45, 2.75) is 19.4 Å². The molecule has 2 aromatic rings. The summed E-state index contributed by atoms with van der Waals surface area (Å²) in [6, 6.07) is 14.1. The summed E-state index contributed by atoms with van der Waals surface area (Å²) in [5, 5.41) is 2.69. The lowest BCUT2D eigenvalue weighted by Crippen LogP contribution is -2.45. The molecule has 0 radical (unpaired) electrons. The van der Waals surface area contributed by atoms with Crippen LogP contribution in [0.15, 0.2) is 54.6 Å². The Morgan fingerprint density at radius 3 is 2.26 bits per heavy atom. The van der Waals surface area contributed by atoms with Gasteiger partial charge < -0.3 is 10.1 Å². The molecule has 0 unspecified atom stereocenters. The van der Waals surface area contributed by atoms with Crippen LogP contribution >= 0.6 is 0 Å². The Kier molecular flexibility index (Phi) is 7.30. The number of hydrogen-bond acceptors (Lipinski definition) is 4. The van der Waals surface area contributed by atoms with Crippen molar-refractivity contribution in [3.8, 4) is 5.75 Å². The molecule has 0 aliphatic heterocycles. The Labute approximate surface area is 155 Å². The van der Waals surface area contributed by atoms with E-state index >= 15 is 0 Å². The summed E-state index contributed by atoms with van der Waals surface area (Å²) in [4.78, 5) is 35.1. The van der Waals surface area contributed by atoms with Crippen LogP contribution in [-0.2, 0) is 14.4 Å². The van der Waals surface area contributed by atoms with Crippen molar-refractivity contribution >= 4 is 17.7 Å². The maximum atomic E-state index is 13.4. The lowest BCUT2D eigenvalue weighted by molar-refractivity contribution is -0.130. The third-order valence-electron chi connectivity index (χ3n) is 3.51. The normalized spacial score (nSPS) is 11.2. The van der Waals surface area contributed by atoms with Crippen LogP contribution in [0.25, 0.3) is 0 Å². The highest BCUT2D eigenvalue weighted by Gasteiger charge is 2.17. The molecule has 8 heteroatoms. The summed E-state index contributed by atoms with van der Waals surface area (Å²) < 4.78 is 18.4. The number of nitrogens with one attached hydrogen (secondary N) is 3. The van der Waals surface area contributed by atoms with E-state index in [1.807, 2.05) is 6.07 Å². The third kappa shape index (κ3) is 6.77. The van der Waals surface area contributed by atoms with E-state index in [0.717, 1.165) is 5.56 Å². The first kappa shape index (κ1) is 19.9. The zero-order chi connectivity index (χ0) is 19.6. The molecular weight excluding hydrogens is 353 g/mol. The first-order valence-electron chi connectivity index (χ1n) is 8.22. The number of rotatable bonds is 7. The summed E-state index contributed by atoms with van der Waals surface area (Å²) in [6.07, 6.45) is -0.0714.